The Balaban J connectivity index is 1.35. The molecule has 1 saturated carbocycles. The highest BCUT2D eigenvalue weighted by Crippen LogP contribution is 2.54. The molecule has 1 saturated heterocycles. The average Bonchev–Trinajstić information content (AvgIpc) is 3.49. The second-order valence-electron chi connectivity index (χ2n) is 11.7. The van der Waals surface area contributed by atoms with Crippen LogP contribution < -0.4 is 15.4 Å². The molecule has 222 valence electrons. The maximum Gasteiger partial charge on any atom is 0.255 e. The standard InChI is InChI=1S/C33H35FN6O3/c1-38(2)17-5-8-29(41)40-21-33(13-14-33)18-23(40)10-9-22-19-35-15-11-27(22)39-20-26(30-28(39)12-16-36-32(30)42)37-25-7-4-6-24(34)31(25)43-3/h4-8,11,15,19-20,23,37H,12-14,16-18,21H2,1-3H3,(H,36,42)/b8-5+/t23-/m0/s1. The number of methoxy groups -OCH3 is 1. The first-order chi connectivity index (χ1) is 20.8. The number of fused-ring (bicyclic) bond motifs is 1. The van der Waals surface area contributed by atoms with Gasteiger partial charge in [-0.25, -0.2) is 4.39 Å². The lowest BCUT2D eigenvalue weighted by molar-refractivity contribution is -0.126. The number of para-hydroxylation sites is 1. The predicted octanol–water partition coefficient (Wildman–Crippen LogP) is 3.90. The number of aromatic nitrogens is 2. The van der Waals surface area contributed by atoms with Crippen LogP contribution in [0.4, 0.5) is 15.8 Å². The van der Waals surface area contributed by atoms with E-state index >= 15 is 0 Å². The molecule has 0 radical (unpaired) electrons. The lowest BCUT2D eigenvalue weighted by Crippen LogP contribution is -2.34. The molecule has 2 aromatic heterocycles. The van der Waals surface area contributed by atoms with Crippen LogP contribution in [0.3, 0.4) is 0 Å². The van der Waals surface area contributed by atoms with E-state index in [1.807, 2.05) is 46.8 Å². The Morgan fingerprint density at radius 1 is 1.30 bits per heavy atom. The number of amides is 2. The summed E-state index contributed by atoms with van der Waals surface area (Å²) in [7, 11) is 5.34. The Bertz CT molecular complexity index is 1660. The molecule has 0 bridgehead atoms. The molecule has 4 heterocycles. The Morgan fingerprint density at radius 2 is 2.14 bits per heavy atom. The van der Waals surface area contributed by atoms with Crippen molar-refractivity contribution >= 4 is 23.2 Å². The van der Waals surface area contributed by atoms with Gasteiger partial charge in [0.2, 0.25) is 5.91 Å². The normalized spacial score (nSPS) is 18.4. The van der Waals surface area contributed by atoms with E-state index in [9.17, 15) is 14.0 Å². The number of carbonyl (C=O) groups excluding carboxylic acids is 2. The first-order valence-electron chi connectivity index (χ1n) is 14.5. The zero-order valence-electron chi connectivity index (χ0n) is 24.6. The van der Waals surface area contributed by atoms with Crippen LogP contribution >= 0.6 is 0 Å². The fraction of sp³-hybridized carbons (Fsp3) is 0.364. The summed E-state index contributed by atoms with van der Waals surface area (Å²) in [6.45, 7) is 1.92. The van der Waals surface area contributed by atoms with Gasteiger partial charge in [0.1, 0.15) is 0 Å². The number of nitrogens with one attached hydrogen (secondary N) is 2. The van der Waals surface area contributed by atoms with Gasteiger partial charge in [-0.15, -0.1) is 0 Å². The van der Waals surface area contributed by atoms with Gasteiger partial charge in [0, 0.05) is 56.4 Å². The minimum atomic E-state index is -0.502. The molecule has 2 aliphatic heterocycles. The predicted molar refractivity (Wildman–Crippen MR) is 162 cm³/mol. The molecule has 1 spiro atoms. The van der Waals surface area contributed by atoms with E-state index in [4.69, 9.17) is 4.74 Å². The Kier molecular flexibility index (Phi) is 7.67. The molecular formula is C33H35FN6O3. The highest BCUT2D eigenvalue weighted by Gasteiger charge is 2.52. The van der Waals surface area contributed by atoms with Crippen LogP contribution in [-0.4, -0.2) is 78.0 Å². The average molecular weight is 583 g/mol. The van der Waals surface area contributed by atoms with Gasteiger partial charge < -0.3 is 29.7 Å². The van der Waals surface area contributed by atoms with E-state index < -0.39 is 5.82 Å². The minimum absolute atomic E-state index is 0.00896. The summed E-state index contributed by atoms with van der Waals surface area (Å²) in [5.74, 6) is 6.07. The molecule has 0 unspecified atom stereocenters. The smallest absolute Gasteiger partial charge is 0.255 e. The van der Waals surface area contributed by atoms with Crippen molar-refractivity contribution < 1.29 is 18.7 Å². The maximum absolute atomic E-state index is 14.4. The molecular weight excluding hydrogens is 547 g/mol. The molecule has 6 rings (SSSR count). The van der Waals surface area contributed by atoms with Crippen LogP contribution in [0.5, 0.6) is 5.75 Å². The van der Waals surface area contributed by atoms with Crippen molar-refractivity contribution in [2.45, 2.75) is 31.7 Å². The van der Waals surface area contributed by atoms with Crippen molar-refractivity contribution in [1.29, 1.82) is 0 Å². The molecule has 3 aliphatic rings. The quantitative estimate of drug-likeness (QED) is 0.325. The number of halogens is 1. The first-order valence-corrected chi connectivity index (χ1v) is 14.5. The Hall–Kier alpha value is -4.62. The summed E-state index contributed by atoms with van der Waals surface area (Å²) in [5.41, 5.74) is 3.89. The summed E-state index contributed by atoms with van der Waals surface area (Å²) in [6.07, 6.45) is 12.5. The summed E-state index contributed by atoms with van der Waals surface area (Å²) >= 11 is 0. The third-order valence-electron chi connectivity index (χ3n) is 8.33. The number of pyridine rings is 1. The zero-order chi connectivity index (χ0) is 30.1. The molecule has 10 heteroatoms. The van der Waals surface area contributed by atoms with E-state index in [1.54, 1.807) is 30.6 Å². The van der Waals surface area contributed by atoms with Crippen LogP contribution in [0, 0.1) is 23.1 Å². The van der Waals surface area contributed by atoms with Gasteiger partial charge in [-0.3, -0.25) is 14.6 Å². The molecule has 1 atom stereocenters. The molecule has 2 N–H and O–H groups in total. The lowest BCUT2D eigenvalue weighted by atomic mass is 10.0. The maximum atomic E-state index is 14.4. The van der Waals surface area contributed by atoms with E-state index in [0.717, 1.165) is 37.2 Å². The molecule has 1 aromatic carbocycles. The van der Waals surface area contributed by atoms with Crippen LogP contribution in [0.25, 0.3) is 5.69 Å². The van der Waals surface area contributed by atoms with Crippen LogP contribution in [0.15, 0.2) is 55.0 Å². The Morgan fingerprint density at radius 3 is 2.91 bits per heavy atom. The highest BCUT2D eigenvalue weighted by atomic mass is 19.1. The number of nitrogens with zero attached hydrogens (tertiary/aromatic N) is 4. The second-order valence-corrected chi connectivity index (χ2v) is 11.7. The number of carbonyl (C=O) groups is 2. The third-order valence-corrected chi connectivity index (χ3v) is 8.33. The third kappa shape index (κ3) is 5.73. The van der Waals surface area contributed by atoms with Gasteiger partial charge in [0.15, 0.2) is 11.6 Å². The topological polar surface area (TPSA) is 91.7 Å². The molecule has 43 heavy (non-hydrogen) atoms. The molecule has 1 aliphatic carbocycles. The summed E-state index contributed by atoms with van der Waals surface area (Å²) in [4.78, 5) is 34.4. The number of ether oxygens (including phenoxy) is 1. The fourth-order valence-corrected chi connectivity index (χ4v) is 5.97. The van der Waals surface area contributed by atoms with Crippen molar-refractivity contribution in [1.82, 2.24) is 24.7 Å². The van der Waals surface area contributed by atoms with Gasteiger partial charge in [-0.2, -0.15) is 0 Å². The zero-order valence-corrected chi connectivity index (χ0v) is 24.6. The first kappa shape index (κ1) is 28.5. The number of hydrogen-bond donors (Lipinski definition) is 2. The summed E-state index contributed by atoms with van der Waals surface area (Å²) < 4.78 is 21.7. The van der Waals surface area contributed by atoms with Gasteiger partial charge in [0.05, 0.1) is 41.3 Å². The van der Waals surface area contributed by atoms with Crippen LogP contribution in [0.2, 0.25) is 0 Å². The van der Waals surface area contributed by atoms with Crippen molar-refractivity contribution in [3.8, 4) is 23.3 Å². The number of anilines is 2. The monoisotopic (exact) mass is 582 g/mol. The largest absolute Gasteiger partial charge is 0.492 e. The van der Waals surface area contributed by atoms with Crippen molar-refractivity contribution in [2.75, 3.05) is 46.2 Å². The van der Waals surface area contributed by atoms with Gasteiger partial charge >= 0.3 is 0 Å². The van der Waals surface area contributed by atoms with Crippen LogP contribution in [-0.2, 0) is 11.2 Å². The van der Waals surface area contributed by atoms with Gasteiger partial charge in [0.25, 0.3) is 5.91 Å². The van der Waals surface area contributed by atoms with E-state index in [2.05, 4.69) is 27.5 Å². The van der Waals surface area contributed by atoms with E-state index in [0.29, 0.717) is 42.0 Å². The lowest BCUT2D eigenvalue weighted by Gasteiger charge is -2.19. The summed E-state index contributed by atoms with van der Waals surface area (Å²) in [6, 6.07) is 6.29. The Labute approximate surface area is 250 Å². The van der Waals surface area contributed by atoms with E-state index in [1.165, 1.54) is 13.2 Å². The minimum Gasteiger partial charge on any atom is -0.492 e. The number of rotatable bonds is 7. The molecule has 3 aromatic rings. The van der Waals surface area contributed by atoms with Crippen molar-refractivity contribution in [3.05, 3.63) is 77.6 Å². The number of likely N-dealkylation sites (tertiary alicyclic amines) is 1. The SMILES string of the molecule is COc1c(F)cccc1Nc1cn(-c2ccncc2C#C[C@H]2CC3(CC3)CN2C(=O)/C=C/CN(C)C)c2c1C(=O)NCC2. The van der Waals surface area contributed by atoms with E-state index in [-0.39, 0.29) is 29.0 Å². The second kappa shape index (κ2) is 11.6. The van der Waals surface area contributed by atoms with Crippen LogP contribution in [0.1, 0.15) is 40.9 Å². The molecule has 2 fully saturated rings. The van der Waals surface area contributed by atoms with Crippen molar-refractivity contribution in [3.63, 3.8) is 0 Å². The number of hydrogen-bond acceptors (Lipinski definition) is 6. The molecule has 2 amide bonds. The number of benzene rings is 1. The summed E-state index contributed by atoms with van der Waals surface area (Å²) in [5, 5.41) is 6.13. The highest BCUT2D eigenvalue weighted by molar-refractivity contribution is 6.03. The molecule has 9 nitrogen and oxygen atoms in total. The number of likely N-dealkylation sites (N-methyl/N-ethyl adjacent to an activating group) is 1. The van der Waals surface area contributed by atoms with Gasteiger partial charge in [-0.1, -0.05) is 24.0 Å². The van der Waals surface area contributed by atoms with Gasteiger partial charge in [-0.05, 0) is 57.0 Å². The van der Waals surface area contributed by atoms with Crippen molar-refractivity contribution in [2.24, 2.45) is 5.41 Å². The fourth-order valence-electron chi connectivity index (χ4n) is 5.97.